The van der Waals surface area contributed by atoms with Gasteiger partial charge in [0.05, 0.1) is 0 Å². The van der Waals surface area contributed by atoms with Crippen molar-refractivity contribution in [3.05, 3.63) is 0 Å². The van der Waals surface area contributed by atoms with E-state index in [4.69, 9.17) is 23.7 Å². The number of esters is 4. The molecule has 9 heteroatoms. The normalized spacial score (nSPS) is 26.8. The Kier molecular flexibility index (Phi) is 6.95. The highest BCUT2D eigenvalue weighted by atomic mass is 16.7. The second-order valence-electron chi connectivity index (χ2n) is 4.99. The van der Waals surface area contributed by atoms with Crippen molar-refractivity contribution in [3.63, 3.8) is 0 Å². The molecule has 0 N–H and O–H groups in total. The molecule has 0 aromatic rings. The van der Waals surface area contributed by atoms with Crippen molar-refractivity contribution in [1.29, 1.82) is 0 Å². The summed E-state index contributed by atoms with van der Waals surface area (Å²) in [5.41, 5.74) is 0. The lowest BCUT2D eigenvalue weighted by molar-refractivity contribution is -0.270. The van der Waals surface area contributed by atoms with E-state index < -0.39 is 48.5 Å². The molecule has 0 bridgehead atoms. The van der Waals surface area contributed by atoms with E-state index in [-0.39, 0.29) is 13.0 Å². The second kappa shape index (κ2) is 8.47. The van der Waals surface area contributed by atoms with Gasteiger partial charge in [0.15, 0.2) is 6.10 Å². The topological polar surface area (TPSA) is 114 Å². The van der Waals surface area contributed by atoms with Crippen molar-refractivity contribution in [2.45, 2.75) is 58.7 Å². The van der Waals surface area contributed by atoms with Crippen LogP contribution in [-0.2, 0) is 42.9 Å². The minimum Gasteiger partial charge on any atom is -0.463 e. The molecular weight excluding hydrogens is 312 g/mol. The van der Waals surface area contributed by atoms with Crippen LogP contribution in [0.2, 0.25) is 0 Å². The van der Waals surface area contributed by atoms with Gasteiger partial charge in [0.2, 0.25) is 6.29 Å². The third-order valence-electron chi connectivity index (χ3n) is 2.86. The molecule has 0 aromatic carbocycles. The molecule has 130 valence electrons. The summed E-state index contributed by atoms with van der Waals surface area (Å²) in [4.78, 5) is 44.5. The van der Waals surface area contributed by atoms with E-state index in [1.165, 1.54) is 27.7 Å². The predicted molar refractivity (Wildman–Crippen MR) is 72.8 cm³/mol. The van der Waals surface area contributed by atoms with Gasteiger partial charge in [0.25, 0.3) is 0 Å². The fraction of sp³-hybridized carbons (Fsp3) is 0.714. The summed E-state index contributed by atoms with van der Waals surface area (Å²) in [6.07, 6.45) is -3.73. The molecule has 23 heavy (non-hydrogen) atoms. The average molecular weight is 332 g/mol. The summed E-state index contributed by atoms with van der Waals surface area (Å²) in [5, 5.41) is 0. The quantitative estimate of drug-likeness (QED) is 0.510. The molecule has 4 atom stereocenters. The van der Waals surface area contributed by atoms with Gasteiger partial charge in [-0.25, -0.2) is 0 Å². The Labute approximate surface area is 133 Å². The lowest BCUT2D eigenvalue weighted by atomic mass is 10.0. The van der Waals surface area contributed by atoms with Gasteiger partial charge in [-0.3, -0.25) is 19.2 Å². The number of carbonyl (C=O) groups excluding carboxylic acids is 4. The first-order chi connectivity index (χ1) is 10.7. The van der Waals surface area contributed by atoms with Gasteiger partial charge < -0.3 is 23.7 Å². The van der Waals surface area contributed by atoms with E-state index in [1.54, 1.807) is 0 Å². The number of hydrogen-bond acceptors (Lipinski definition) is 9. The zero-order chi connectivity index (χ0) is 17.6. The smallest absolute Gasteiger partial charge is 0.305 e. The Morgan fingerprint density at radius 2 is 1.35 bits per heavy atom. The maximum atomic E-state index is 11.2. The SMILES string of the molecule is CC(=O)OCC1OC(OC(C)=O)C(OC(C)=O)CC1OC(C)=O. The third-order valence-corrected chi connectivity index (χ3v) is 2.86. The maximum Gasteiger partial charge on any atom is 0.305 e. The van der Waals surface area contributed by atoms with Crippen LogP contribution in [0.4, 0.5) is 0 Å². The van der Waals surface area contributed by atoms with Crippen LogP contribution >= 0.6 is 0 Å². The molecule has 1 aliphatic rings. The van der Waals surface area contributed by atoms with Gasteiger partial charge in [-0.15, -0.1) is 0 Å². The van der Waals surface area contributed by atoms with Crippen LogP contribution in [0.25, 0.3) is 0 Å². The summed E-state index contributed by atoms with van der Waals surface area (Å²) in [6, 6.07) is 0. The van der Waals surface area contributed by atoms with E-state index in [1.807, 2.05) is 0 Å². The van der Waals surface area contributed by atoms with Crippen LogP contribution in [0.15, 0.2) is 0 Å². The fourth-order valence-electron chi connectivity index (χ4n) is 2.11. The van der Waals surface area contributed by atoms with Gasteiger partial charge in [-0.05, 0) is 0 Å². The molecule has 0 aliphatic carbocycles. The summed E-state index contributed by atoms with van der Waals surface area (Å²) in [6.45, 7) is 4.60. The van der Waals surface area contributed by atoms with Gasteiger partial charge >= 0.3 is 23.9 Å². The Morgan fingerprint density at radius 1 is 0.826 bits per heavy atom. The molecule has 4 unspecified atom stereocenters. The number of ether oxygens (including phenoxy) is 5. The molecule has 1 rings (SSSR count). The van der Waals surface area contributed by atoms with Crippen LogP contribution in [0.5, 0.6) is 0 Å². The van der Waals surface area contributed by atoms with Crippen molar-refractivity contribution in [2.75, 3.05) is 6.61 Å². The van der Waals surface area contributed by atoms with Crippen LogP contribution < -0.4 is 0 Å². The van der Waals surface area contributed by atoms with Crippen molar-refractivity contribution >= 4 is 23.9 Å². The van der Waals surface area contributed by atoms with Crippen LogP contribution in [0.3, 0.4) is 0 Å². The largest absolute Gasteiger partial charge is 0.463 e. The molecule has 0 amide bonds. The first-order valence-corrected chi connectivity index (χ1v) is 6.99. The minimum absolute atomic E-state index is 0.0447. The number of rotatable bonds is 5. The van der Waals surface area contributed by atoms with Crippen LogP contribution in [0.1, 0.15) is 34.1 Å². The standard InChI is InChI=1S/C14H20O9/c1-7(15)19-6-13-11(20-8(2)16)5-12(21-9(3)17)14(23-13)22-10(4)18/h11-14H,5-6H2,1-4H3. The lowest BCUT2D eigenvalue weighted by Gasteiger charge is -2.39. The zero-order valence-corrected chi connectivity index (χ0v) is 13.4. The van der Waals surface area contributed by atoms with Crippen LogP contribution in [-0.4, -0.2) is 55.1 Å². The first kappa shape index (κ1) is 18.9. The predicted octanol–water partition coefficient (Wildman–Crippen LogP) is 0.0910. The minimum atomic E-state index is -1.18. The van der Waals surface area contributed by atoms with Crippen LogP contribution in [0, 0.1) is 0 Å². The molecule has 0 spiro atoms. The molecule has 1 saturated heterocycles. The third kappa shape index (κ3) is 6.64. The molecule has 1 aliphatic heterocycles. The van der Waals surface area contributed by atoms with E-state index in [2.05, 4.69) is 0 Å². The Morgan fingerprint density at radius 3 is 1.83 bits per heavy atom. The molecule has 1 fully saturated rings. The first-order valence-electron chi connectivity index (χ1n) is 6.99. The second-order valence-corrected chi connectivity index (χ2v) is 4.99. The van der Waals surface area contributed by atoms with Gasteiger partial charge in [-0.2, -0.15) is 0 Å². The maximum absolute atomic E-state index is 11.2. The summed E-state index contributed by atoms with van der Waals surface area (Å²) in [5.74, 6) is -2.35. The molecule has 9 nitrogen and oxygen atoms in total. The fourth-order valence-corrected chi connectivity index (χ4v) is 2.11. The molecule has 0 radical (unpaired) electrons. The monoisotopic (exact) mass is 332 g/mol. The highest BCUT2D eigenvalue weighted by Gasteiger charge is 2.43. The van der Waals surface area contributed by atoms with Crippen molar-refractivity contribution < 1.29 is 42.9 Å². The van der Waals surface area contributed by atoms with Gasteiger partial charge in [0, 0.05) is 34.1 Å². The highest BCUT2D eigenvalue weighted by molar-refractivity contribution is 5.68. The average Bonchev–Trinajstić information content (AvgIpc) is 2.38. The van der Waals surface area contributed by atoms with Crippen molar-refractivity contribution in [3.8, 4) is 0 Å². The summed E-state index contributed by atoms with van der Waals surface area (Å²) >= 11 is 0. The molecule has 0 aromatic heterocycles. The highest BCUT2D eigenvalue weighted by Crippen LogP contribution is 2.26. The van der Waals surface area contributed by atoms with Crippen molar-refractivity contribution in [1.82, 2.24) is 0 Å². The summed E-state index contributed by atoms with van der Waals surface area (Å²) in [7, 11) is 0. The Balaban J connectivity index is 2.89. The number of hydrogen-bond donors (Lipinski definition) is 0. The molecule has 1 heterocycles. The zero-order valence-electron chi connectivity index (χ0n) is 13.4. The molecule has 0 saturated carbocycles. The van der Waals surface area contributed by atoms with E-state index in [0.717, 1.165) is 0 Å². The number of carbonyl (C=O) groups is 4. The van der Waals surface area contributed by atoms with E-state index in [9.17, 15) is 19.2 Å². The Bertz CT molecular complexity index is 473. The Hall–Kier alpha value is -2.16. The van der Waals surface area contributed by atoms with E-state index in [0.29, 0.717) is 0 Å². The lowest BCUT2D eigenvalue weighted by Crippen LogP contribution is -2.53. The summed E-state index contributed by atoms with van der Waals surface area (Å²) < 4.78 is 25.5. The van der Waals surface area contributed by atoms with E-state index >= 15 is 0 Å². The van der Waals surface area contributed by atoms with Gasteiger partial charge in [-0.1, -0.05) is 0 Å². The van der Waals surface area contributed by atoms with Gasteiger partial charge in [0.1, 0.15) is 18.8 Å². The molecular formula is C14H20O9. The van der Waals surface area contributed by atoms with Crippen molar-refractivity contribution in [2.24, 2.45) is 0 Å².